The summed E-state index contributed by atoms with van der Waals surface area (Å²) in [5, 5.41) is 22.6. The summed E-state index contributed by atoms with van der Waals surface area (Å²) in [6, 6.07) is 9.37. The van der Waals surface area contributed by atoms with Crippen LogP contribution in [0.3, 0.4) is 0 Å². The number of aromatic nitrogens is 1. The molecule has 7 rings (SSSR count). The van der Waals surface area contributed by atoms with Gasteiger partial charge in [-0.25, -0.2) is 4.39 Å². The topological polar surface area (TPSA) is 65.8 Å². The second kappa shape index (κ2) is 6.09. The van der Waals surface area contributed by atoms with Gasteiger partial charge in [0.1, 0.15) is 18.0 Å². The number of hydrogen-bond donors (Lipinski definition) is 2. The van der Waals surface area contributed by atoms with Crippen molar-refractivity contribution in [3.8, 4) is 22.6 Å². The van der Waals surface area contributed by atoms with Crippen molar-refractivity contribution < 1.29 is 19.3 Å². The number of likely N-dealkylation sites (tertiary alicyclic amines) is 1. The Morgan fingerprint density at radius 2 is 2.09 bits per heavy atom. The highest BCUT2D eigenvalue weighted by molar-refractivity contribution is 5.96. The largest absolute Gasteiger partial charge is 0.504 e. The van der Waals surface area contributed by atoms with Gasteiger partial charge in [0.15, 0.2) is 11.5 Å². The zero-order valence-electron chi connectivity index (χ0n) is 17.6. The fourth-order valence-corrected chi connectivity index (χ4v) is 6.94. The number of aromatic hydroxyl groups is 1. The Hall–Kier alpha value is -2.96. The quantitative estimate of drug-likeness (QED) is 0.578. The molecule has 2 aliphatic carbocycles. The first-order valence-electron chi connectivity index (χ1n) is 11.2. The number of phenols is 1. The molecule has 2 N–H and O–H groups in total. The second-order valence-corrected chi connectivity index (χ2v) is 9.61. The van der Waals surface area contributed by atoms with Crippen LogP contribution in [0.15, 0.2) is 48.7 Å². The number of aliphatic hydroxyl groups excluding tert-OH is 1. The predicted molar refractivity (Wildman–Crippen MR) is 118 cm³/mol. The second-order valence-electron chi connectivity index (χ2n) is 9.61. The summed E-state index contributed by atoms with van der Waals surface area (Å²) in [5.74, 6) is 0.239. The van der Waals surface area contributed by atoms with Crippen molar-refractivity contribution in [2.45, 2.75) is 36.5 Å². The summed E-state index contributed by atoms with van der Waals surface area (Å²) in [4.78, 5) is 6.63. The van der Waals surface area contributed by atoms with Crippen molar-refractivity contribution in [1.29, 1.82) is 0 Å². The minimum Gasteiger partial charge on any atom is -0.504 e. The smallest absolute Gasteiger partial charge is 0.165 e. The van der Waals surface area contributed by atoms with Crippen LogP contribution < -0.4 is 4.74 Å². The standard InChI is InChI=1S/C26H23FN2O3/c1-29-9-8-26-16-6-7-20(30)25(26)32-24-21(31)11-14(15(23(24)26)10-19(16)29)22-13-4-2-3-5-18(13)28-12-17(22)27/h2-7,11-12,16,19-20,25,30-31H,8-10H2,1H3/t16-,19+,20-,25-,26-/m0/s1. The van der Waals surface area contributed by atoms with E-state index in [4.69, 9.17) is 4.74 Å². The normalized spacial score (nSPS) is 32.1. The molecule has 162 valence electrons. The van der Waals surface area contributed by atoms with Crippen LogP contribution in [-0.2, 0) is 11.8 Å². The maximum Gasteiger partial charge on any atom is 0.165 e. The zero-order valence-corrected chi connectivity index (χ0v) is 17.6. The molecule has 2 aliphatic heterocycles. The fraction of sp³-hybridized carbons (Fsp3) is 0.346. The molecule has 4 aliphatic rings. The van der Waals surface area contributed by atoms with Crippen molar-refractivity contribution in [1.82, 2.24) is 9.88 Å². The zero-order chi connectivity index (χ0) is 21.8. The van der Waals surface area contributed by atoms with Crippen LogP contribution in [0.5, 0.6) is 11.5 Å². The SMILES string of the molecule is CN1CC[C@]23c4c5c(-c6c(F)cnc7ccccc67)cc(O)c4O[C@H]2[C@@H](O)C=C[C@H]3[C@H]1C5. The van der Waals surface area contributed by atoms with E-state index in [1.165, 1.54) is 6.20 Å². The van der Waals surface area contributed by atoms with Gasteiger partial charge in [0, 0.05) is 33.9 Å². The Morgan fingerprint density at radius 1 is 1.25 bits per heavy atom. The monoisotopic (exact) mass is 430 g/mol. The lowest BCUT2D eigenvalue weighted by molar-refractivity contribution is -0.0452. The number of fused-ring (bicyclic) bond motifs is 1. The van der Waals surface area contributed by atoms with E-state index in [-0.39, 0.29) is 17.7 Å². The summed E-state index contributed by atoms with van der Waals surface area (Å²) in [6.45, 7) is 0.887. The maximum atomic E-state index is 15.3. The van der Waals surface area contributed by atoms with E-state index >= 15 is 4.39 Å². The molecule has 1 saturated heterocycles. The third-order valence-electron chi connectivity index (χ3n) is 8.28. The van der Waals surface area contributed by atoms with Crippen LogP contribution in [0.25, 0.3) is 22.0 Å². The number of pyridine rings is 1. The number of piperidine rings is 1. The molecule has 6 heteroatoms. The fourth-order valence-electron chi connectivity index (χ4n) is 6.94. The molecule has 0 saturated carbocycles. The predicted octanol–water partition coefficient (Wildman–Crippen LogP) is 3.55. The van der Waals surface area contributed by atoms with E-state index < -0.39 is 23.4 Å². The van der Waals surface area contributed by atoms with Gasteiger partial charge < -0.3 is 19.8 Å². The Morgan fingerprint density at radius 3 is 2.97 bits per heavy atom. The first-order valence-corrected chi connectivity index (χ1v) is 11.2. The molecule has 0 amide bonds. The lowest BCUT2D eigenvalue weighted by Crippen LogP contribution is -2.64. The Balaban J connectivity index is 1.59. The molecular weight excluding hydrogens is 407 g/mol. The lowest BCUT2D eigenvalue weighted by Gasteiger charge is -2.56. The van der Waals surface area contributed by atoms with Gasteiger partial charge in [0.2, 0.25) is 0 Å². The molecule has 1 fully saturated rings. The number of phenolic OH excluding ortho intramolecular Hbond substituents is 1. The van der Waals surface area contributed by atoms with Gasteiger partial charge in [-0.3, -0.25) is 4.98 Å². The molecule has 2 bridgehead atoms. The van der Waals surface area contributed by atoms with E-state index in [0.717, 1.165) is 35.9 Å². The first-order chi connectivity index (χ1) is 15.5. The van der Waals surface area contributed by atoms with Gasteiger partial charge in [0.05, 0.1) is 11.7 Å². The van der Waals surface area contributed by atoms with Gasteiger partial charge in [-0.15, -0.1) is 0 Å². The lowest BCUT2D eigenvalue weighted by atomic mass is 9.53. The van der Waals surface area contributed by atoms with Gasteiger partial charge in [-0.2, -0.15) is 0 Å². The van der Waals surface area contributed by atoms with Crippen LogP contribution in [-0.4, -0.2) is 51.9 Å². The maximum absolute atomic E-state index is 15.3. The van der Waals surface area contributed by atoms with Gasteiger partial charge >= 0.3 is 0 Å². The highest BCUT2D eigenvalue weighted by atomic mass is 19.1. The number of likely N-dealkylation sites (N-methyl/N-ethyl adjacent to an activating group) is 1. The Bertz CT molecular complexity index is 1340. The minimum atomic E-state index is -0.741. The van der Waals surface area contributed by atoms with Crippen molar-refractivity contribution in [2.75, 3.05) is 13.6 Å². The number of benzene rings is 2. The summed E-state index contributed by atoms with van der Waals surface area (Å²) in [7, 11) is 2.13. The van der Waals surface area contributed by atoms with Crippen LogP contribution in [0.2, 0.25) is 0 Å². The average molecular weight is 430 g/mol. The summed E-state index contributed by atoms with van der Waals surface area (Å²) < 4.78 is 21.6. The summed E-state index contributed by atoms with van der Waals surface area (Å²) >= 11 is 0. The summed E-state index contributed by atoms with van der Waals surface area (Å²) in [6.07, 6.45) is 5.60. The number of nitrogens with zero attached hydrogens (tertiary/aromatic N) is 2. The highest BCUT2D eigenvalue weighted by Crippen LogP contribution is 2.64. The van der Waals surface area contributed by atoms with Gasteiger partial charge in [0.25, 0.3) is 0 Å². The average Bonchev–Trinajstić information content (AvgIpc) is 3.15. The molecule has 0 unspecified atom stereocenters. The van der Waals surface area contributed by atoms with Gasteiger partial charge in [-0.05, 0) is 49.7 Å². The number of halogens is 1. The van der Waals surface area contributed by atoms with E-state index in [0.29, 0.717) is 22.4 Å². The third-order valence-corrected chi connectivity index (χ3v) is 8.28. The number of ether oxygens (including phenoxy) is 1. The molecule has 5 nitrogen and oxygen atoms in total. The molecule has 3 aromatic rings. The molecule has 5 atom stereocenters. The number of hydrogen-bond acceptors (Lipinski definition) is 5. The van der Waals surface area contributed by atoms with Crippen LogP contribution >= 0.6 is 0 Å². The first kappa shape index (κ1) is 18.6. The Labute approximate surface area is 184 Å². The van der Waals surface area contributed by atoms with E-state index in [1.54, 1.807) is 6.07 Å². The number of rotatable bonds is 1. The van der Waals surface area contributed by atoms with Crippen molar-refractivity contribution in [3.63, 3.8) is 0 Å². The van der Waals surface area contributed by atoms with Crippen molar-refractivity contribution in [2.24, 2.45) is 5.92 Å². The number of para-hydroxylation sites is 1. The van der Waals surface area contributed by atoms with Crippen LogP contribution in [0.1, 0.15) is 17.5 Å². The summed E-state index contributed by atoms with van der Waals surface area (Å²) in [5.41, 5.74) is 3.45. The van der Waals surface area contributed by atoms with E-state index in [2.05, 4.69) is 23.0 Å². The minimum absolute atomic E-state index is 0.00569. The Kier molecular flexibility index (Phi) is 3.54. The highest BCUT2D eigenvalue weighted by Gasteiger charge is 2.64. The van der Waals surface area contributed by atoms with E-state index in [9.17, 15) is 10.2 Å². The van der Waals surface area contributed by atoms with Crippen molar-refractivity contribution in [3.05, 3.63) is 65.6 Å². The number of aliphatic hydroxyl groups is 1. The molecule has 32 heavy (non-hydrogen) atoms. The van der Waals surface area contributed by atoms with Crippen molar-refractivity contribution >= 4 is 10.9 Å². The molecule has 1 aromatic heterocycles. The molecule has 0 radical (unpaired) electrons. The van der Waals surface area contributed by atoms with Gasteiger partial charge in [-0.1, -0.05) is 30.4 Å². The molecule has 1 spiro atoms. The molecule has 2 aromatic carbocycles. The third kappa shape index (κ3) is 2.07. The van der Waals surface area contributed by atoms with Crippen LogP contribution in [0.4, 0.5) is 4.39 Å². The molecule has 3 heterocycles. The van der Waals surface area contributed by atoms with E-state index in [1.807, 2.05) is 30.3 Å². The molecular formula is C26H23FN2O3. The van der Waals surface area contributed by atoms with Crippen LogP contribution in [0, 0.1) is 11.7 Å².